The highest BCUT2D eigenvalue weighted by molar-refractivity contribution is 5.47. The zero-order valence-electron chi connectivity index (χ0n) is 13.9. The van der Waals surface area contributed by atoms with Crippen molar-refractivity contribution in [2.24, 2.45) is 5.92 Å². The van der Waals surface area contributed by atoms with Gasteiger partial charge in [-0.05, 0) is 38.0 Å². The van der Waals surface area contributed by atoms with Gasteiger partial charge in [0.2, 0.25) is 0 Å². The van der Waals surface area contributed by atoms with E-state index in [1.165, 1.54) is 21.7 Å². The maximum Gasteiger partial charge on any atom is 0.0347 e. The summed E-state index contributed by atoms with van der Waals surface area (Å²) in [6, 6.07) is 8.46. The standard InChI is InChI=1S/C21H25N/c1-5-19-10-6-7-12-21(19)18(4)22-20-11-8-9-16(2)13-14-17(3)15-20/h5-15,17,22H,1-4H3/b11-8?,14-13-,16-9-,19-5-,20-15?,21-18+. The van der Waals surface area contributed by atoms with Gasteiger partial charge in [-0.15, -0.1) is 0 Å². The summed E-state index contributed by atoms with van der Waals surface area (Å²) in [5.74, 6) is 0.398. The van der Waals surface area contributed by atoms with Crippen molar-refractivity contribution in [3.8, 4) is 0 Å². The molecule has 0 aromatic heterocycles. The van der Waals surface area contributed by atoms with E-state index in [4.69, 9.17) is 0 Å². The minimum atomic E-state index is 0.398. The van der Waals surface area contributed by atoms with E-state index < -0.39 is 0 Å². The first-order chi connectivity index (χ1) is 10.6. The smallest absolute Gasteiger partial charge is 0.0347 e. The van der Waals surface area contributed by atoms with Crippen molar-refractivity contribution in [1.29, 1.82) is 0 Å². The normalized spacial score (nSPS) is 24.4. The highest BCUT2D eigenvalue weighted by Crippen LogP contribution is 2.10. The summed E-state index contributed by atoms with van der Waals surface area (Å²) >= 11 is 0. The van der Waals surface area contributed by atoms with Crippen LogP contribution in [0.3, 0.4) is 0 Å². The molecule has 0 saturated carbocycles. The molecule has 22 heavy (non-hydrogen) atoms. The molecule has 1 aliphatic rings. The molecule has 1 N–H and O–H groups in total. The van der Waals surface area contributed by atoms with Gasteiger partial charge >= 0.3 is 0 Å². The Bertz CT molecular complexity index is 757. The van der Waals surface area contributed by atoms with Crippen LogP contribution in [0.5, 0.6) is 0 Å². The minimum absolute atomic E-state index is 0.398. The summed E-state index contributed by atoms with van der Waals surface area (Å²) in [6.07, 6.45) is 15.2. The molecule has 1 aromatic rings. The number of nitrogens with one attached hydrogen (secondary N) is 1. The van der Waals surface area contributed by atoms with Crippen molar-refractivity contribution in [2.75, 3.05) is 0 Å². The number of hydrogen-bond donors (Lipinski definition) is 1. The van der Waals surface area contributed by atoms with E-state index in [0.717, 1.165) is 5.70 Å². The maximum atomic E-state index is 3.56. The Balaban J connectivity index is 2.40. The third kappa shape index (κ3) is 4.36. The van der Waals surface area contributed by atoms with Crippen LogP contribution in [0.1, 0.15) is 27.7 Å². The van der Waals surface area contributed by atoms with Crippen molar-refractivity contribution < 1.29 is 0 Å². The second kappa shape index (κ2) is 7.65. The van der Waals surface area contributed by atoms with Gasteiger partial charge in [0.1, 0.15) is 0 Å². The minimum Gasteiger partial charge on any atom is -0.359 e. The topological polar surface area (TPSA) is 12.0 Å². The second-order valence-electron chi connectivity index (χ2n) is 5.74. The Morgan fingerprint density at radius 2 is 1.95 bits per heavy atom. The van der Waals surface area contributed by atoms with Crippen molar-refractivity contribution >= 4 is 11.8 Å². The average Bonchev–Trinajstić information content (AvgIpc) is 2.59. The van der Waals surface area contributed by atoms with Crippen LogP contribution in [0.2, 0.25) is 0 Å². The first kappa shape index (κ1) is 16.1. The van der Waals surface area contributed by atoms with Crippen molar-refractivity contribution in [3.05, 3.63) is 82.4 Å². The Labute approximate surface area is 133 Å². The van der Waals surface area contributed by atoms with Crippen LogP contribution in [0, 0.1) is 5.92 Å². The van der Waals surface area contributed by atoms with Gasteiger partial charge in [-0.3, -0.25) is 0 Å². The second-order valence-corrected chi connectivity index (χ2v) is 5.74. The quantitative estimate of drug-likeness (QED) is 0.874. The predicted octanol–water partition coefficient (Wildman–Crippen LogP) is 3.80. The fraction of sp³-hybridized carbons (Fsp3) is 0.238. The molecule has 0 fully saturated rings. The van der Waals surface area contributed by atoms with Gasteiger partial charge in [-0.1, -0.05) is 73.2 Å². The lowest BCUT2D eigenvalue weighted by Crippen LogP contribution is -2.30. The molecule has 0 heterocycles. The molecule has 0 aliphatic heterocycles. The molecule has 1 atom stereocenters. The molecule has 0 bridgehead atoms. The fourth-order valence-corrected chi connectivity index (χ4v) is 2.51. The Morgan fingerprint density at radius 1 is 1.18 bits per heavy atom. The number of benzene rings is 1. The van der Waals surface area contributed by atoms with Crippen molar-refractivity contribution in [2.45, 2.75) is 27.7 Å². The largest absolute Gasteiger partial charge is 0.359 e. The first-order valence-corrected chi connectivity index (χ1v) is 7.84. The molecular weight excluding hydrogens is 266 g/mol. The van der Waals surface area contributed by atoms with Gasteiger partial charge in [0.05, 0.1) is 0 Å². The molecule has 0 amide bonds. The van der Waals surface area contributed by atoms with Crippen LogP contribution >= 0.6 is 0 Å². The fourth-order valence-electron chi connectivity index (χ4n) is 2.51. The summed E-state index contributed by atoms with van der Waals surface area (Å²) in [7, 11) is 0. The van der Waals surface area contributed by atoms with Gasteiger partial charge in [0.25, 0.3) is 0 Å². The monoisotopic (exact) mass is 291 g/mol. The van der Waals surface area contributed by atoms with Crippen molar-refractivity contribution in [1.82, 2.24) is 5.32 Å². The molecular formula is C21H25N. The number of hydrogen-bond acceptors (Lipinski definition) is 1. The average molecular weight is 291 g/mol. The van der Waals surface area contributed by atoms with Gasteiger partial charge in [0.15, 0.2) is 0 Å². The van der Waals surface area contributed by atoms with Crippen LogP contribution in [0.4, 0.5) is 0 Å². The van der Waals surface area contributed by atoms with E-state index in [2.05, 4.69) is 99.8 Å². The van der Waals surface area contributed by atoms with E-state index in [0.29, 0.717) is 5.92 Å². The lowest BCUT2D eigenvalue weighted by atomic mass is 10.1. The summed E-state index contributed by atoms with van der Waals surface area (Å²) < 4.78 is 0. The zero-order valence-corrected chi connectivity index (χ0v) is 13.9. The molecule has 0 saturated heterocycles. The van der Waals surface area contributed by atoms with Gasteiger partial charge in [-0.2, -0.15) is 0 Å². The summed E-state index contributed by atoms with van der Waals surface area (Å²) in [5, 5.41) is 6.06. The molecule has 1 aliphatic carbocycles. The van der Waals surface area contributed by atoms with Gasteiger partial charge in [0, 0.05) is 16.6 Å². The van der Waals surface area contributed by atoms with Crippen LogP contribution in [0.15, 0.2) is 72.0 Å². The van der Waals surface area contributed by atoms with Crippen LogP contribution in [-0.2, 0) is 0 Å². The number of allylic oxidation sites excluding steroid dienone is 7. The molecule has 114 valence electrons. The molecule has 0 spiro atoms. The highest BCUT2D eigenvalue weighted by Gasteiger charge is 2.00. The van der Waals surface area contributed by atoms with E-state index in [1.54, 1.807) is 0 Å². The Morgan fingerprint density at radius 3 is 2.73 bits per heavy atom. The van der Waals surface area contributed by atoms with Gasteiger partial charge in [-0.25, -0.2) is 0 Å². The van der Waals surface area contributed by atoms with Crippen LogP contribution < -0.4 is 15.8 Å². The maximum absolute atomic E-state index is 3.56. The summed E-state index contributed by atoms with van der Waals surface area (Å²) in [6.45, 7) is 8.53. The Hall–Kier alpha value is -2.28. The van der Waals surface area contributed by atoms with Crippen LogP contribution in [-0.4, -0.2) is 0 Å². The third-order valence-electron chi connectivity index (χ3n) is 3.75. The predicted molar refractivity (Wildman–Crippen MR) is 97.3 cm³/mol. The lowest BCUT2D eigenvalue weighted by molar-refractivity contribution is 0.910. The molecule has 2 rings (SSSR count). The number of rotatable bonds is 2. The SMILES string of the molecule is C/C=c1/cccc/c1=C(/C)NC1=CC(C)/C=C\C(C)=C/C=C1. The first-order valence-electron chi connectivity index (χ1n) is 7.84. The van der Waals surface area contributed by atoms with E-state index >= 15 is 0 Å². The molecule has 1 unspecified atom stereocenters. The van der Waals surface area contributed by atoms with Gasteiger partial charge < -0.3 is 5.32 Å². The summed E-state index contributed by atoms with van der Waals surface area (Å²) in [5.41, 5.74) is 3.57. The molecule has 1 aromatic carbocycles. The van der Waals surface area contributed by atoms with E-state index in [-0.39, 0.29) is 0 Å². The van der Waals surface area contributed by atoms with Crippen LogP contribution in [0.25, 0.3) is 11.8 Å². The molecule has 0 radical (unpaired) electrons. The van der Waals surface area contributed by atoms with E-state index in [1.807, 2.05) is 0 Å². The highest BCUT2D eigenvalue weighted by atomic mass is 14.9. The molecule has 1 heteroatoms. The van der Waals surface area contributed by atoms with Crippen molar-refractivity contribution in [3.63, 3.8) is 0 Å². The third-order valence-corrected chi connectivity index (χ3v) is 3.75. The summed E-state index contributed by atoms with van der Waals surface area (Å²) in [4.78, 5) is 0. The zero-order chi connectivity index (χ0) is 15.9. The Kier molecular flexibility index (Phi) is 5.60. The molecule has 1 nitrogen and oxygen atoms in total. The van der Waals surface area contributed by atoms with E-state index in [9.17, 15) is 0 Å². The lowest BCUT2D eigenvalue weighted by Gasteiger charge is -2.10.